The van der Waals surface area contributed by atoms with Crippen LogP contribution in [0.1, 0.15) is 24.1 Å². The van der Waals surface area contributed by atoms with Gasteiger partial charge in [-0.05, 0) is 37.5 Å². The molecule has 3 rings (SSSR count). The Morgan fingerprint density at radius 2 is 2.28 bits per heavy atom. The molecule has 92 valence electrons. The number of aliphatic hydroxyl groups excluding tert-OH is 1. The van der Waals surface area contributed by atoms with Gasteiger partial charge in [-0.3, -0.25) is 0 Å². The monoisotopic (exact) mass is 243 g/mol. The molecule has 1 heterocycles. The first-order valence-corrected chi connectivity index (χ1v) is 5.95. The van der Waals surface area contributed by atoms with Gasteiger partial charge in [-0.15, -0.1) is 0 Å². The number of aliphatic hydroxyl groups is 1. The number of nitrogens with zero attached hydrogens (tertiary/aromatic N) is 1. The summed E-state index contributed by atoms with van der Waals surface area (Å²) in [6, 6.07) is 5.45. The molecule has 0 atom stereocenters. The lowest BCUT2D eigenvalue weighted by molar-refractivity contribution is 0.384. The molecule has 1 fully saturated rings. The Balaban J connectivity index is 2.14. The molecule has 0 unspecified atom stereocenters. The zero-order valence-electron chi connectivity index (χ0n) is 10.0. The predicted octanol–water partition coefficient (Wildman–Crippen LogP) is 2.81. The van der Waals surface area contributed by atoms with E-state index >= 15 is 0 Å². The van der Waals surface area contributed by atoms with Crippen molar-refractivity contribution in [2.75, 3.05) is 0 Å². The second-order valence-electron chi connectivity index (χ2n) is 4.70. The van der Waals surface area contributed by atoms with Gasteiger partial charge in [0.15, 0.2) is 11.3 Å². The Hall–Kier alpha value is -2.10. The quantitative estimate of drug-likeness (QED) is 0.824. The van der Waals surface area contributed by atoms with E-state index in [1.54, 1.807) is 6.07 Å². The van der Waals surface area contributed by atoms with Crippen LogP contribution < -0.4 is 5.63 Å². The molecule has 1 aliphatic carbocycles. The van der Waals surface area contributed by atoms with Gasteiger partial charge >= 0.3 is 5.63 Å². The summed E-state index contributed by atoms with van der Waals surface area (Å²) in [5, 5.41) is 9.73. The highest BCUT2D eigenvalue weighted by Crippen LogP contribution is 2.35. The minimum absolute atomic E-state index is 0.164. The summed E-state index contributed by atoms with van der Waals surface area (Å²) in [5.74, 6) is 0.418. The molecule has 1 N–H and O–H groups in total. The average Bonchev–Trinajstić information content (AvgIpc) is 3.14. The zero-order valence-corrected chi connectivity index (χ0v) is 10.0. The summed E-state index contributed by atoms with van der Waals surface area (Å²) in [4.78, 5) is 16.0. The van der Waals surface area contributed by atoms with Gasteiger partial charge in [0.2, 0.25) is 0 Å². The average molecular weight is 243 g/mol. The normalized spacial score (nSPS) is 16.2. The minimum atomic E-state index is -0.515. The molecular formula is C14H13NO3. The van der Waals surface area contributed by atoms with E-state index in [4.69, 9.17) is 4.42 Å². The van der Waals surface area contributed by atoms with E-state index in [2.05, 4.69) is 4.98 Å². The van der Waals surface area contributed by atoms with Crippen molar-refractivity contribution >= 4 is 17.2 Å². The second kappa shape index (κ2) is 3.98. The molecule has 0 radical (unpaired) electrons. The van der Waals surface area contributed by atoms with Crippen molar-refractivity contribution in [3.05, 3.63) is 45.6 Å². The first-order chi connectivity index (χ1) is 8.63. The highest BCUT2D eigenvalue weighted by atomic mass is 16.4. The van der Waals surface area contributed by atoms with Gasteiger partial charge < -0.3 is 9.52 Å². The van der Waals surface area contributed by atoms with E-state index in [0.29, 0.717) is 11.1 Å². The fourth-order valence-electron chi connectivity index (χ4n) is 1.86. The molecular weight excluding hydrogens is 230 g/mol. The topological polar surface area (TPSA) is 63.3 Å². The van der Waals surface area contributed by atoms with Crippen LogP contribution >= 0.6 is 0 Å². The summed E-state index contributed by atoms with van der Waals surface area (Å²) in [6.07, 6.45) is 3.37. The van der Waals surface area contributed by atoms with E-state index in [0.717, 1.165) is 18.4 Å². The Morgan fingerprint density at radius 3 is 3.00 bits per heavy atom. The molecule has 4 heteroatoms. The summed E-state index contributed by atoms with van der Waals surface area (Å²) >= 11 is 0. The SMILES string of the molecule is Cc1ccc2oc(=O)c(/C=C(\O)C3CC3)nc2c1. The maximum atomic E-state index is 11.7. The second-order valence-corrected chi connectivity index (χ2v) is 4.70. The van der Waals surface area contributed by atoms with Crippen molar-refractivity contribution in [2.45, 2.75) is 19.8 Å². The number of benzene rings is 1. The molecule has 4 nitrogen and oxygen atoms in total. The highest BCUT2D eigenvalue weighted by molar-refractivity contribution is 5.73. The third-order valence-corrected chi connectivity index (χ3v) is 3.05. The van der Waals surface area contributed by atoms with Crippen LogP contribution in [0.4, 0.5) is 0 Å². The smallest absolute Gasteiger partial charge is 0.362 e. The molecule has 1 aromatic heterocycles. The van der Waals surface area contributed by atoms with Crippen LogP contribution in [0, 0.1) is 12.8 Å². The van der Waals surface area contributed by atoms with Crippen LogP contribution in [0.25, 0.3) is 17.2 Å². The highest BCUT2D eigenvalue weighted by Gasteiger charge is 2.26. The first-order valence-electron chi connectivity index (χ1n) is 5.95. The molecule has 0 bridgehead atoms. The predicted molar refractivity (Wildman–Crippen MR) is 68.3 cm³/mol. The number of aryl methyl sites for hydroxylation is 1. The van der Waals surface area contributed by atoms with E-state index < -0.39 is 5.63 Å². The minimum Gasteiger partial charge on any atom is -0.512 e. The fourth-order valence-corrected chi connectivity index (χ4v) is 1.86. The molecule has 0 spiro atoms. The number of hydrogen-bond donors (Lipinski definition) is 1. The van der Waals surface area contributed by atoms with E-state index in [-0.39, 0.29) is 17.4 Å². The fraction of sp³-hybridized carbons (Fsp3) is 0.286. The molecule has 0 amide bonds. The molecule has 1 saturated carbocycles. The van der Waals surface area contributed by atoms with Crippen molar-refractivity contribution in [3.63, 3.8) is 0 Å². The van der Waals surface area contributed by atoms with Gasteiger partial charge in [-0.1, -0.05) is 6.07 Å². The lowest BCUT2D eigenvalue weighted by Crippen LogP contribution is -2.07. The molecule has 2 aromatic rings. The number of fused-ring (bicyclic) bond motifs is 1. The third-order valence-electron chi connectivity index (χ3n) is 3.05. The third kappa shape index (κ3) is 2.01. The number of hydrogen-bond acceptors (Lipinski definition) is 4. The van der Waals surface area contributed by atoms with Gasteiger partial charge in [0, 0.05) is 12.0 Å². The molecule has 0 aliphatic heterocycles. The Morgan fingerprint density at radius 1 is 1.50 bits per heavy atom. The van der Waals surface area contributed by atoms with Gasteiger partial charge in [-0.25, -0.2) is 9.78 Å². The van der Waals surface area contributed by atoms with Crippen LogP contribution in [0.2, 0.25) is 0 Å². The first kappa shape index (κ1) is 11.0. The van der Waals surface area contributed by atoms with Gasteiger partial charge in [0.1, 0.15) is 5.52 Å². The summed E-state index contributed by atoms with van der Waals surface area (Å²) < 4.78 is 5.18. The van der Waals surface area contributed by atoms with Crippen molar-refractivity contribution in [1.29, 1.82) is 0 Å². The van der Waals surface area contributed by atoms with Gasteiger partial charge in [0.25, 0.3) is 0 Å². The van der Waals surface area contributed by atoms with Crippen LogP contribution in [-0.2, 0) is 0 Å². The van der Waals surface area contributed by atoms with Gasteiger partial charge in [0.05, 0.1) is 5.76 Å². The summed E-state index contributed by atoms with van der Waals surface area (Å²) in [5.41, 5.74) is 1.79. The van der Waals surface area contributed by atoms with Crippen LogP contribution in [0.3, 0.4) is 0 Å². The van der Waals surface area contributed by atoms with E-state index in [1.165, 1.54) is 6.08 Å². The van der Waals surface area contributed by atoms with Crippen molar-refractivity contribution in [3.8, 4) is 0 Å². The number of allylic oxidation sites excluding steroid dienone is 1. The Kier molecular flexibility index (Phi) is 2.44. The Bertz CT molecular complexity index is 696. The summed E-state index contributed by atoms with van der Waals surface area (Å²) in [6.45, 7) is 1.95. The molecule has 1 aliphatic rings. The standard InChI is InChI=1S/C14H13NO3/c1-8-2-5-13-10(6-8)15-11(14(17)18-13)7-12(16)9-3-4-9/h2,5-7,9,16H,3-4H2,1H3/b12-7-. The summed E-state index contributed by atoms with van der Waals surface area (Å²) in [7, 11) is 0. The Labute approximate surface area is 104 Å². The lowest BCUT2D eigenvalue weighted by atomic mass is 10.2. The zero-order chi connectivity index (χ0) is 12.7. The van der Waals surface area contributed by atoms with Crippen LogP contribution in [0.15, 0.2) is 33.2 Å². The molecule has 1 aromatic carbocycles. The maximum absolute atomic E-state index is 11.7. The van der Waals surface area contributed by atoms with Gasteiger partial charge in [-0.2, -0.15) is 0 Å². The molecule has 18 heavy (non-hydrogen) atoms. The van der Waals surface area contributed by atoms with Crippen LogP contribution in [-0.4, -0.2) is 10.1 Å². The van der Waals surface area contributed by atoms with Crippen molar-refractivity contribution in [2.24, 2.45) is 5.92 Å². The number of aromatic nitrogens is 1. The van der Waals surface area contributed by atoms with E-state index in [9.17, 15) is 9.90 Å². The van der Waals surface area contributed by atoms with Crippen molar-refractivity contribution in [1.82, 2.24) is 4.98 Å². The molecule has 0 saturated heterocycles. The number of rotatable bonds is 2. The van der Waals surface area contributed by atoms with Crippen molar-refractivity contribution < 1.29 is 9.52 Å². The lowest BCUT2D eigenvalue weighted by Gasteiger charge is -2.00. The van der Waals surface area contributed by atoms with Crippen LogP contribution in [0.5, 0.6) is 0 Å². The largest absolute Gasteiger partial charge is 0.512 e. The maximum Gasteiger partial charge on any atom is 0.362 e. The van der Waals surface area contributed by atoms with E-state index in [1.807, 2.05) is 19.1 Å².